The summed E-state index contributed by atoms with van der Waals surface area (Å²) in [5.74, 6) is -0.496. The first-order valence-corrected chi connectivity index (χ1v) is 6.27. The molecule has 0 saturated carbocycles. The summed E-state index contributed by atoms with van der Waals surface area (Å²) in [6, 6.07) is 6.24. The second-order valence-corrected chi connectivity index (χ2v) is 4.59. The number of rotatable bonds is 4. The minimum absolute atomic E-state index is 0.0165. The molecule has 0 radical (unpaired) electrons. The van der Waals surface area contributed by atoms with Crippen LogP contribution in [0.5, 0.6) is 5.75 Å². The van der Waals surface area contributed by atoms with Crippen molar-refractivity contribution in [3.05, 3.63) is 34.4 Å². The molecule has 4 nitrogen and oxygen atoms in total. The highest BCUT2D eigenvalue weighted by Crippen LogP contribution is 2.23. The number of nitrogens with zero attached hydrogens (tertiary/aromatic N) is 1. The number of nitriles is 1. The van der Waals surface area contributed by atoms with Crippen molar-refractivity contribution in [2.24, 2.45) is 0 Å². The van der Waals surface area contributed by atoms with E-state index in [9.17, 15) is 9.90 Å². The minimum Gasteiger partial charge on any atom is -0.507 e. The number of carbonyl (C=O) groups excluding carboxylic acids is 1. The van der Waals surface area contributed by atoms with E-state index >= 15 is 0 Å². The molecule has 0 aliphatic carbocycles. The van der Waals surface area contributed by atoms with Crippen LogP contribution in [0.1, 0.15) is 25.8 Å². The Morgan fingerprint density at radius 2 is 2.32 bits per heavy atom. The Kier molecular flexibility index (Phi) is 5.40. The second kappa shape index (κ2) is 6.81. The largest absolute Gasteiger partial charge is 0.507 e. The smallest absolute Gasteiger partial charge is 0.262 e. The average Bonchev–Trinajstić information content (AvgIpc) is 2.39. The maximum atomic E-state index is 11.8. The summed E-state index contributed by atoms with van der Waals surface area (Å²) in [7, 11) is 0. The van der Waals surface area contributed by atoms with Gasteiger partial charge >= 0.3 is 0 Å². The van der Waals surface area contributed by atoms with Crippen LogP contribution in [0.25, 0.3) is 6.08 Å². The predicted molar refractivity (Wildman–Crippen MR) is 74.6 cm³/mol. The van der Waals surface area contributed by atoms with Gasteiger partial charge in [-0.25, -0.2) is 0 Å². The lowest BCUT2D eigenvalue weighted by atomic mass is 10.1. The van der Waals surface area contributed by atoms with Crippen LogP contribution in [0.4, 0.5) is 0 Å². The molecule has 1 amide bonds. The zero-order valence-corrected chi connectivity index (χ0v) is 11.5. The summed E-state index contributed by atoms with van der Waals surface area (Å²) < 4.78 is 0. The molecule has 100 valence electrons. The van der Waals surface area contributed by atoms with Gasteiger partial charge in [-0.3, -0.25) is 4.79 Å². The lowest BCUT2D eigenvalue weighted by Crippen LogP contribution is -2.32. The van der Waals surface area contributed by atoms with Crippen molar-refractivity contribution in [1.82, 2.24) is 5.32 Å². The molecule has 0 aliphatic rings. The molecular weight excluding hydrogens is 264 g/mol. The number of hydrogen-bond donors (Lipinski definition) is 2. The summed E-state index contributed by atoms with van der Waals surface area (Å²) in [4.78, 5) is 11.8. The third-order valence-corrected chi connectivity index (χ3v) is 2.88. The molecule has 1 aromatic rings. The van der Waals surface area contributed by atoms with Crippen molar-refractivity contribution in [2.45, 2.75) is 26.3 Å². The van der Waals surface area contributed by atoms with Gasteiger partial charge in [0.1, 0.15) is 17.4 Å². The van der Waals surface area contributed by atoms with Gasteiger partial charge in [0.05, 0.1) is 0 Å². The lowest BCUT2D eigenvalue weighted by Gasteiger charge is -2.10. The molecule has 0 aromatic heterocycles. The number of amides is 1. The number of benzene rings is 1. The van der Waals surface area contributed by atoms with E-state index in [4.69, 9.17) is 16.9 Å². The van der Waals surface area contributed by atoms with Gasteiger partial charge in [0.15, 0.2) is 0 Å². The van der Waals surface area contributed by atoms with E-state index < -0.39 is 5.91 Å². The van der Waals surface area contributed by atoms with Gasteiger partial charge < -0.3 is 10.4 Å². The first kappa shape index (κ1) is 15.1. The highest BCUT2D eigenvalue weighted by molar-refractivity contribution is 6.30. The summed E-state index contributed by atoms with van der Waals surface area (Å²) >= 11 is 5.81. The molecule has 1 aromatic carbocycles. The Hall–Kier alpha value is -1.99. The fourth-order valence-electron chi connectivity index (χ4n) is 1.35. The van der Waals surface area contributed by atoms with Crippen molar-refractivity contribution in [3.8, 4) is 11.8 Å². The van der Waals surface area contributed by atoms with Gasteiger partial charge in [-0.05, 0) is 37.6 Å². The van der Waals surface area contributed by atoms with Gasteiger partial charge in [-0.15, -0.1) is 0 Å². The number of aromatic hydroxyl groups is 1. The molecular formula is C14H15ClN2O2. The summed E-state index contributed by atoms with van der Waals surface area (Å²) in [5, 5.41) is 21.8. The maximum Gasteiger partial charge on any atom is 0.262 e. The third kappa shape index (κ3) is 4.31. The van der Waals surface area contributed by atoms with Crippen molar-refractivity contribution >= 4 is 23.6 Å². The molecule has 1 atom stereocenters. The van der Waals surface area contributed by atoms with Crippen molar-refractivity contribution in [1.29, 1.82) is 5.26 Å². The highest BCUT2D eigenvalue weighted by Gasteiger charge is 2.12. The first-order chi connectivity index (χ1) is 8.97. The van der Waals surface area contributed by atoms with Gasteiger partial charge in [0.2, 0.25) is 0 Å². The first-order valence-electron chi connectivity index (χ1n) is 5.89. The molecule has 2 N–H and O–H groups in total. The second-order valence-electron chi connectivity index (χ2n) is 4.16. The number of hydrogen-bond acceptors (Lipinski definition) is 3. The Bertz CT molecular complexity index is 547. The number of carbonyl (C=O) groups is 1. The minimum atomic E-state index is -0.462. The topological polar surface area (TPSA) is 73.1 Å². The van der Waals surface area contributed by atoms with Gasteiger partial charge in [0, 0.05) is 16.6 Å². The standard InChI is InChI=1S/C14H15ClN2O2/c1-3-9(2)17-14(19)11(8-16)6-10-7-12(15)4-5-13(10)18/h4-7,9,18H,3H2,1-2H3,(H,17,19)/b11-6+/t9-/m0/s1. The highest BCUT2D eigenvalue weighted by atomic mass is 35.5. The Labute approximate surface area is 117 Å². The lowest BCUT2D eigenvalue weighted by molar-refractivity contribution is -0.117. The van der Waals surface area contributed by atoms with Crippen LogP contribution in [-0.4, -0.2) is 17.1 Å². The molecule has 1 rings (SSSR count). The molecule has 5 heteroatoms. The van der Waals surface area contributed by atoms with E-state index in [1.807, 2.05) is 19.9 Å². The quantitative estimate of drug-likeness (QED) is 0.657. The van der Waals surface area contributed by atoms with Crippen molar-refractivity contribution < 1.29 is 9.90 Å². The number of halogens is 1. The van der Waals surface area contributed by atoms with E-state index in [0.29, 0.717) is 10.6 Å². The Balaban J connectivity index is 3.03. The van der Waals surface area contributed by atoms with E-state index in [2.05, 4.69) is 5.32 Å². The molecule has 0 saturated heterocycles. The van der Waals surface area contributed by atoms with Crippen molar-refractivity contribution in [3.63, 3.8) is 0 Å². The van der Waals surface area contributed by atoms with Crippen molar-refractivity contribution in [2.75, 3.05) is 0 Å². The zero-order valence-electron chi connectivity index (χ0n) is 10.8. The van der Waals surface area contributed by atoms with Crippen LogP contribution in [0, 0.1) is 11.3 Å². The van der Waals surface area contributed by atoms with Crippen LogP contribution >= 0.6 is 11.6 Å². The van der Waals surface area contributed by atoms with Gasteiger partial charge in [0.25, 0.3) is 5.91 Å². The Morgan fingerprint density at radius 1 is 1.63 bits per heavy atom. The normalized spacial score (nSPS) is 12.6. The molecule has 0 heterocycles. The molecule has 0 aliphatic heterocycles. The molecule has 0 spiro atoms. The summed E-state index contributed by atoms with van der Waals surface area (Å²) in [5.41, 5.74) is 0.265. The average molecular weight is 279 g/mol. The fraction of sp³-hybridized carbons (Fsp3) is 0.286. The van der Waals surface area contributed by atoms with Crippen LogP contribution in [0.15, 0.2) is 23.8 Å². The fourth-order valence-corrected chi connectivity index (χ4v) is 1.53. The molecule has 0 fully saturated rings. The monoisotopic (exact) mass is 278 g/mol. The molecule has 0 bridgehead atoms. The maximum absolute atomic E-state index is 11.8. The van der Waals surface area contributed by atoms with E-state index in [-0.39, 0.29) is 17.4 Å². The van der Waals surface area contributed by atoms with Crippen LogP contribution in [0.3, 0.4) is 0 Å². The van der Waals surface area contributed by atoms with E-state index in [0.717, 1.165) is 6.42 Å². The zero-order chi connectivity index (χ0) is 14.4. The molecule has 19 heavy (non-hydrogen) atoms. The van der Waals surface area contributed by atoms with E-state index in [1.54, 1.807) is 0 Å². The predicted octanol–water partition coefficient (Wildman–Crippen LogP) is 2.87. The summed E-state index contributed by atoms with van der Waals surface area (Å²) in [6.45, 7) is 3.78. The SMILES string of the molecule is CC[C@H](C)NC(=O)/C(C#N)=C/c1cc(Cl)ccc1O. The molecule has 0 unspecified atom stereocenters. The van der Waals surface area contributed by atoms with Gasteiger partial charge in [-0.2, -0.15) is 5.26 Å². The van der Waals surface area contributed by atoms with Crippen LogP contribution in [-0.2, 0) is 4.79 Å². The van der Waals surface area contributed by atoms with Crippen LogP contribution < -0.4 is 5.32 Å². The number of phenols is 1. The number of nitrogens with one attached hydrogen (secondary N) is 1. The summed E-state index contributed by atoms with van der Waals surface area (Å²) in [6.07, 6.45) is 2.09. The Morgan fingerprint density at radius 3 is 2.89 bits per heavy atom. The number of phenolic OH excluding ortho intramolecular Hbond substituents is 1. The van der Waals surface area contributed by atoms with E-state index in [1.165, 1.54) is 24.3 Å². The third-order valence-electron chi connectivity index (χ3n) is 2.64. The van der Waals surface area contributed by atoms with Gasteiger partial charge in [-0.1, -0.05) is 18.5 Å². The van der Waals surface area contributed by atoms with Crippen LogP contribution in [0.2, 0.25) is 5.02 Å².